The van der Waals surface area contributed by atoms with Crippen LogP contribution in [0.2, 0.25) is 0 Å². The maximum absolute atomic E-state index is 7.29. The third-order valence-electron chi connectivity index (χ3n) is 1.65. The van der Waals surface area contributed by atoms with Gasteiger partial charge in [0.1, 0.15) is 11.5 Å². The van der Waals surface area contributed by atoms with Crippen LogP contribution in [0.25, 0.3) is 0 Å². The first-order valence-corrected chi connectivity index (χ1v) is 4.11. The summed E-state index contributed by atoms with van der Waals surface area (Å²) in [5, 5.41) is 7.33. The van der Waals surface area contributed by atoms with Gasteiger partial charge in [-0.05, 0) is 24.3 Å². The lowest BCUT2D eigenvalue weighted by atomic mass is 10.3. The minimum absolute atomic E-state index is 0.463. The van der Waals surface area contributed by atoms with Crippen molar-refractivity contribution in [3.05, 3.63) is 42.7 Å². The van der Waals surface area contributed by atoms with Crippen molar-refractivity contribution in [2.24, 2.45) is 0 Å². The zero-order chi connectivity index (χ0) is 9.80. The Morgan fingerprint density at radius 1 is 0.929 bits per heavy atom. The summed E-state index contributed by atoms with van der Waals surface area (Å²) in [5.41, 5.74) is 7.76. The van der Waals surface area contributed by atoms with E-state index < -0.39 is 0 Å². The molecule has 0 atom stereocenters. The Bertz CT molecular complexity index is 399. The van der Waals surface area contributed by atoms with Crippen molar-refractivity contribution < 1.29 is 4.74 Å². The molecule has 0 amide bonds. The quantitative estimate of drug-likeness (QED) is 0.722. The second kappa shape index (κ2) is 3.74. The van der Waals surface area contributed by atoms with E-state index in [1.165, 1.54) is 6.20 Å². The minimum Gasteiger partial charge on any atom is -0.456 e. The Morgan fingerprint density at radius 2 is 1.71 bits per heavy atom. The lowest BCUT2D eigenvalue weighted by molar-refractivity contribution is 0.478. The minimum atomic E-state index is 0.463. The SMILES string of the molecule is [NH]c1ccc(Oc2ccnnc2)cc1. The third kappa shape index (κ3) is 1.98. The van der Waals surface area contributed by atoms with Crippen LogP contribution in [0, 0.1) is 0 Å². The molecule has 4 heteroatoms. The molecule has 1 radical (unpaired) electrons. The second-order valence-electron chi connectivity index (χ2n) is 2.70. The van der Waals surface area contributed by atoms with Gasteiger partial charge in [-0.2, -0.15) is 10.2 Å². The Kier molecular flexibility index (Phi) is 2.27. The van der Waals surface area contributed by atoms with Gasteiger partial charge in [0.15, 0.2) is 0 Å². The average Bonchev–Trinajstić information content (AvgIpc) is 2.23. The number of hydrogen-bond acceptors (Lipinski definition) is 3. The molecule has 0 aliphatic rings. The first kappa shape index (κ1) is 8.50. The fourth-order valence-corrected chi connectivity index (χ4v) is 0.998. The van der Waals surface area contributed by atoms with Gasteiger partial charge in [0.05, 0.1) is 18.1 Å². The molecule has 0 fully saturated rings. The molecule has 0 aliphatic heterocycles. The summed E-state index contributed by atoms with van der Waals surface area (Å²) in [4.78, 5) is 0. The molecule has 1 N–H and O–H groups in total. The highest BCUT2D eigenvalue weighted by Gasteiger charge is 1.95. The monoisotopic (exact) mass is 186 g/mol. The third-order valence-corrected chi connectivity index (χ3v) is 1.65. The lowest BCUT2D eigenvalue weighted by Gasteiger charge is -2.03. The van der Waals surface area contributed by atoms with E-state index in [0.29, 0.717) is 17.2 Å². The van der Waals surface area contributed by atoms with Gasteiger partial charge in [-0.1, -0.05) is 0 Å². The topological polar surface area (TPSA) is 58.8 Å². The van der Waals surface area contributed by atoms with Crippen LogP contribution in [0.4, 0.5) is 5.69 Å². The number of benzene rings is 1. The number of rotatable bonds is 2. The van der Waals surface area contributed by atoms with Gasteiger partial charge in [0.25, 0.3) is 0 Å². The zero-order valence-corrected chi connectivity index (χ0v) is 7.34. The predicted octanol–water partition coefficient (Wildman–Crippen LogP) is 2.18. The van der Waals surface area contributed by atoms with E-state index in [0.717, 1.165) is 0 Å². The number of aromatic nitrogens is 2. The fraction of sp³-hybridized carbons (Fsp3) is 0. The molecular weight excluding hydrogens is 178 g/mol. The van der Waals surface area contributed by atoms with Crippen LogP contribution in [-0.4, -0.2) is 10.2 Å². The van der Waals surface area contributed by atoms with Gasteiger partial charge in [0.2, 0.25) is 0 Å². The summed E-state index contributed by atoms with van der Waals surface area (Å²) in [6.07, 6.45) is 3.10. The van der Waals surface area contributed by atoms with Crippen LogP contribution in [0.3, 0.4) is 0 Å². The van der Waals surface area contributed by atoms with Crippen LogP contribution in [-0.2, 0) is 0 Å². The molecule has 0 saturated heterocycles. The van der Waals surface area contributed by atoms with Gasteiger partial charge in [0, 0.05) is 6.07 Å². The van der Waals surface area contributed by atoms with E-state index in [-0.39, 0.29) is 0 Å². The summed E-state index contributed by atoms with van der Waals surface area (Å²) in [6.45, 7) is 0. The molecule has 14 heavy (non-hydrogen) atoms. The molecule has 0 unspecified atom stereocenters. The Hall–Kier alpha value is -2.10. The molecule has 1 aromatic heterocycles. The van der Waals surface area contributed by atoms with Crippen LogP contribution >= 0.6 is 0 Å². The van der Waals surface area contributed by atoms with Gasteiger partial charge >= 0.3 is 0 Å². The van der Waals surface area contributed by atoms with Crippen molar-refractivity contribution >= 4 is 5.69 Å². The van der Waals surface area contributed by atoms with Crippen molar-refractivity contribution in [3.63, 3.8) is 0 Å². The maximum atomic E-state index is 7.29. The predicted molar refractivity (Wildman–Crippen MR) is 51.3 cm³/mol. The van der Waals surface area contributed by atoms with E-state index in [9.17, 15) is 0 Å². The van der Waals surface area contributed by atoms with Gasteiger partial charge in [-0.15, -0.1) is 0 Å². The van der Waals surface area contributed by atoms with Gasteiger partial charge in [-0.3, -0.25) is 0 Å². The first-order chi connectivity index (χ1) is 6.84. The number of nitrogens with zero attached hydrogens (tertiary/aromatic N) is 2. The summed E-state index contributed by atoms with van der Waals surface area (Å²) < 4.78 is 5.45. The van der Waals surface area contributed by atoms with Crippen LogP contribution in [0.15, 0.2) is 42.7 Å². The lowest BCUT2D eigenvalue weighted by Crippen LogP contribution is -1.85. The van der Waals surface area contributed by atoms with Crippen LogP contribution in [0.1, 0.15) is 0 Å². The largest absolute Gasteiger partial charge is 0.456 e. The molecule has 0 aliphatic carbocycles. The van der Waals surface area contributed by atoms with Gasteiger partial charge in [-0.25, -0.2) is 0 Å². The number of hydrogen-bond donors (Lipinski definition) is 0. The number of nitrogens with one attached hydrogen (secondary N) is 1. The van der Waals surface area contributed by atoms with Crippen molar-refractivity contribution in [1.29, 1.82) is 0 Å². The Morgan fingerprint density at radius 3 is 2.36 bits per heavy atom. The molecule has 4 nitrogen and oxygen atoms in total. The molecule has 0 bridgehead atoms. The Balaban J connectivity index is 2.16. The fourth-order valence-electron chi connectivity index (χ4n) is 0.998. The number of ether oxygens (including phenoxy) is 1. The van der Waals surface area contributed by atoms with Crippen LogP contribution in [0.5, 0.6) is 11.5 Å². The zero-order valence-electron chi connectivity index (χ0n) is 7.34. The highest BCUT2D eigenvalue weighted by atomic mass is 16.5. The van der Waals surface area contributed by atoms with Gasteiger partial charge < -0.3 is 10.5 Å². The Labute approximate surface area is 81.3 Å². The summed E-state index contributed by atoms with van der Waals surface area (Å²) in [5.74, 6) is 1.33. The highest BCUT2D eigenvalue weighted by molar-refractivity contribution is 5.40. The van der Waals surface area contributed by atoms with Crippen molar-refractivity contribution in [3.8, 4) is 11.5 Å². The molecule has 69 valence electrons. The standard InChI is InChI=1S/C10H8N3O/c11-8-1-3-9(4-2-8)14-10-5-6-12-13-7-10/h1-7,11H. The normalized spacial score (nSPS) is 9.71. The van der Waals surface area contributed by atoms with E-state index in [2.05, 4.69) is 10.2 Å². The van der Waals surface area contributed by atoms with E-state index >= 15 is 0 Å². The summed E-state index contributed by atoms with van der Waals surface area (Å²) in [7, 11) is 0. The van der Waals surface area contributed by atoms with E-state index in [1.54, 1.807) is 36.5 Å². The summed E-state index contributed by atoms with van der Waals surface area (Å²) in [6, 6.07) is 8.54. The second-order valence-corrected chi connectivity index (χ2v) is 2.70. The maximum Gasteiger partial charge on any atom is 0.149 e. The average molecular weight is 186 g/mol. The first-order valence-electron chi connectivity index (χ1n) is 4.11. The molecule has 1 heterocycles. The molecular formula is C10H8N3O. The molecule has 1 aromatic carbocycles. The van der Waals surface area contributed by atoms with Crippen molar-refractivity contribution in [2.75, 3.05) is 0 Å². The molecule has 2 aromatic rings. The smallest absolute Gasteiger partial charge is 0.149 e. The van der Waals surface area contributed by atoms with Crippen molar-refractivity contribution in [2.45, 2.75) is 0 Å². The van der Waals surface area contributed by atoms with E-state index in [1.807, 2.05) is 0 Å². The highest BCUT2D eigenvalue weighted by Crippen LogP contribution is 2.20. The summed E-state index contributed by atoms with van der Waals surface area (Å²) >= 11 is 0. The molecule has 0 spiro atoms. The van der Waals surface area contributed by atoms with E-state index in [4.69, 9.17) is 10.5 Å². The molecule has 0 saturated carbocycles. The molecule has 2 rings (SSSR count). The van der Waals surface area contributed by atoms with Crippen molar-refractivity contribution in [1.82, 2.24) is 15.9 Å². The van der Waals surface area contributed by atoms with Crippen LogP contribution < -0.4 is 10.5 Å².